The Morgan fingerprint density at radius 2 is 0.978 bits per heavy atom. The molecule has 11 nitrogen and oxygen atoms in total. The van der Waals surface area contributed by atoms with E-state index in [0.717, 1.165) is 16.7 Å². The SMILES string of the molecule is Cc1ccc(S(=O)(=O)N(CCCNC=O)CCN(CCN(CCCNC=O)S(=O)(=O)c2ccc(C)cc2)Cc2ccccc2)cc1. The molecule has 46 heavy (non-hydrogen) atoms. The lowest BCUT2D eigenvalue weighted by atomic mass is 10.2. The molecule has 0 spiro atoms. The second kappa shape index (κ2) is 18.5. The summed E-state index contributed by atoms with van der Waals surface area (Å²) in [4.78, 5) is 24.0. The van der Waals surface area contributed by atoms with E-state index < -0.39 is 20.0 Å². The molecule has 250 valence electrons. The van der Waals surface area contributed by atoms with Gasteiger partial charge in [-0.25, -0.2) is 16.8 Å². The Bertz CT molecular complexity index is 1470. The van der Waals surface area contributed by atoms with Crippen LogP contribution in [0.3, 0.4) is 0 Å². The molecule has 0 unspecified atom stereocenters. The van der Waals surface area contributed by atoms with Gasteiger partial charge in [-0.15, -0.1) is 0 Å². The van der Waals surface area contributed by atoms with Crippen LogP contribution in [0, 0.1) is 13.8 Å². The molecule has 0 saturated heterocycles. The van der Waals surface area contributed by atoms with Gasteiger partial charge in [0.05, 0.1) is 9.79 Å². The third-order valence-corrected chi connectivity index (χ3v) is 11.3. The average molecular weight is 672 g/mol. The van der Waals surface area contributed by atoms with E-state index in [-0.39, 0.29) is 36.0 Å². The molecule has 0 aliphatic heterocycles. The van der Waals surface area contributed by atoms with Crippen LogP contribution in [-0.2, 0) is 36.2 Å². The molecule has 0 aliphatic carbocycles. The predicted octanol–water partition coefficient (Wildman–Crippen LogP) is 2.76. The van der Waals surface area contributed by atoms with Gasteiger partial charge in [0, 0.05) is 58.9 Å². The van der Waals surface area contributed by atoms with E-state index >= 15 is 0 Å². The van der Waals surface area contributed by atoms with Gasteiger partial charge < -0.3 is 10.6 Å². The van der Waals surface area contributed by atoms with Crippen molar-refractivity contribution in [3.63, 3.8) is 0 Å². The Balaban J connectivity index is 1.85. The van der Waals surface area contributed by atoms with Crippen molar-refractivity contribution in [1.82, 2.24) is 24.1 Å². The first kappa shape index (κ1) is 36.8. The number of hydrogen-bond acceptors (Lipinski definition) is 7. The molecule has 0 aromatic heterocycles. The monoisotopic (exact) mass is 671 g/mol. The van der Waals surface area contributed by atoms with Gasteiger partial charge in [-0.05, 0) is 56.5 Å². The zero-order chi connectivity index (χ0) is 33.4. The molecular formula is C33H45N5O6S2. The summed E-state index contributed by atoms with van der Waals surface area (Å²) >= 11 is 0. The molecule has 2 N–H and O–H groups in total. The van der Waals surface area contributed by atoms with Gasteiger partial charge in [-0.3, -0.25) is 14.5 Å². The number of amides is 2. The molecule has 13 heteroatoms. The minimum Gasteiger partial charge on any atom is -0.359 e. The third kappa shape index (κ3) is 11.3. The maximum Gasteiger partial charge on any atom is 0.243 e. The van der Waals surface area contributed by atoms with Crippen LogP contribution in [0.5, 0.6) is 0 Å². The van der Waals surface area contributed by atoms with Crippen LogP contribution in [0.25, 0.3) is 0 Å². The lowest BCUT2D eigenvalue weighted by molar-refractivity contribution is -0.110. The fraction of sp³-hybridized carbons (Fsp3) is 0.394. The Morgan fingerprint density at radius 3 is 1.37 bits per heavy atom. The van der Waals surface area contributed by atoms with Gasteiger partial charge in [-0.2, -0.15) is 8.61 Å². The van der Waals surface area contributed by atoms with Crippen LogP contribution >= 0.6 is 0 Å². The molecule has 2 amide bonds. The summed E-state index contributed by atoms with van der Waals surface area (Å²) in [5, 5.41) is 5.18. The fourth-order valence-corrected chi connectivity index (χ4v) is 7.81. The largest absolute Gasteiger partial charge is 0.359 e. The van der Waals surface area contributed by atoms with Crippen LogP contribution in [0.1, 0.15) is 29.5 Å². The van der Waals surface area contributed by atoms with Crippen LogP contribution in [0.4, 0.5) is 0 Å². The molecule has 0 aliphatic rings. The van der Waals surface area contributed by atoms with E-state index in [4.69, 9.17) is 0 Å². The second-order valence-electron chi connectivity index (χ2n) is 11.0. The molecule has 0 heterocycles. The summed E-state index contributed by atoms with van der Waals surface area (Å²) in [6.07, 6.45) is 2.04. The molecule has 3 aromatic rings. The minimum atomic E-state index is -3.84. The fourth-order valence-electron chi connectivity index (χ4n) is 4.87. The van der Waals surface area contributed by atoms with Crippen LogP contribution in [0.2, 0.25) is 0 Å². The second-order valence-corrected chi connectivity index (χ2v) is 14.9. The number of benzene rings is 3. The summed E-state index contributed by atoms with van der Waals surface area (Å²) in [6, 6.07) is 23.1. The molecule has 3 aromatic carbocycles. The predicted molar refractivity (Wildman–Crippen MR) is 179 cm³/mol. The molecule has 0 saturated carbocycles. The van der Waals surface area contributed by atoms with Gasteiger partial charge in [0.1, 0.15) is 0 Å². The summed E-state index contributed by atoms with van der Waals surface area (Å²) in [5.41, 5.74) is 2.90. The Hall–Kier alpha value is -3.62. The molecule has 0 atom stereocenters. The lowest BCUT2D eigenvalue weighted by Crippen LogP contribution is -2.43. The molecule has 3 rings (SSSR count). The summed E-state index contributed by atoms with van der Waals surface area (Å²) in [7, 11) is -7.67. The van der Waals surface area contributed by atoms with Crippen molar-refractivity contribution in [3.05, 3.63) is 95.6 Å². The van der Waals surface area contributed by atoms with Crippen molar-refractivity contribution in [1.29, 1.82) is 0 Å². The maximum absolute atomic E-state index is 13.7. The van der Waals surface area contributed by atoms with Crippen molar-refractivity contribution < 1.29 is 26.4 Å². The van der Waals surface area contributed by atoms with Crippen molar-refractivity contribution in [2.45, 2.75) is 43.0 Å². The normalized spacial score (nSPS) is 12.0. The number of nitrogens with one attached hydrogen (secondary N) is 2. The first-order chi connectivity index (χ1) is 22.1. The number of carbonyl (C=O) groups excluding carboxylic acids is 2. The van der Waals surface area contributed by atoms with Crippen molar-refractivity contribution >= 4 is 32.9 Å². The highest BCUT2D eigenvalue weighted by Crippen LogP contribution is 2.19. The Morgan fingerprint density at radius 1 is 0.565 bits per heavy atom. The van der Waals surface area contributed by atoms with E-state index in [0.29, 0.717) is 58.4 Å². The summed E-state index contributed by atoms with van der Waals surface area (Å²) in [5.74, 6) is 0. The standard InChI is InChI=1S/C33H45N5O6S2/c1-29-10-14-32(15-11-29)45(41,42)37(20-6-18-34-27-39)24-22-36(26-31-8-4-3-5-9-31)23-25-38(21-7-19-35-28-40)46(43,44)33-16-12-30(2)13-17-33/h3-5,8-17,27-28H,6-7,18-26H2,1-2H3,(H,34,39)(H,35,40). The van der Waals surface area contributed by atoms with E-state index in [1.54, 1.807) is 48.5 Å². The third-order valence-electron chi connectivity index (χ3n) is 7.52. The van der Waals surface area contributed by atoms with E-state index in [1.807, 2.05) is 44.2 Å². The minimum absolute atomic E-state index is 0.165. The number of carbonyl (C=O) groups is 2. The summed E-state index contributed by atoms with van der Waals surface area (Å²) in [6.45, 7) is 6.35. The van der Waals surface area contributed by atoms with Crippen LogP contribution in [0.15, 0.2) is 88.7 Å². The number of nitrogens with zero attached hydrogens (tertiary/aromatic N) is 3. The Kier molecular flexibility index (Phi) is 14.8. The highest BCUT2D eigenvalue weighted by molar-refractivity contribution is 7.89. The van der Waals surface area contributed by atoms with Crippen molar-refractivity contribution in [2.75, 3.05) is 52.4 Å². The Labute approximate surface area is 273 Å². The van der Waals surface area contributed by atoms with E-state index in [2.05, 4.69) is 15.5 Å². The average Bonchev–Trinajstić information content (AvgIpc) is 3.04. The van der Waals surface area contributed by atoms with Crippen molar-refractivity contribution in [3.8, 4) is 0 Å². The smallest absolute Gasteiger partial charge is 0.243 e. The number of sulfonamides is 2. The molecular weight excluding hydrogens is 627 g/mol. The summed E-state index contributed by atoms with van der Waals surface area (Å²) < 4.78 is 57.8. The number of rotatable bonds is 22. The molecule has 0 radical (unpaired) electrons. The molecule has 0 bridgehead atoms. The van der Waals surface area contributed by atoms with Gasteiger partial charge in [0.25, 0.3) is 0 Å². The zero-order valence-corrected chi connectivity index (χ0v) is 28.2. The van der Waals surface area contributed by atoms with Gasteiger partial charge in [0.15, 0.2) is 0 Å². The van der Waals surface area contributed by atoms with E-state index in [1.165, 1.54) is 8.61 Å². The quantitative estimate of drug-likeness (QED) is 0.124. The van der Waals surface area contributed by atoms with Crippen molar-refractivity contribution in [2.24, 2.45) is 0 Å². The first-order valence-corrected chi connectivity index (χ1v) is 18.2. The maximum atomic E-state index is 13.7. The highest BCUT2D eigenvalue weighted by Gasteiger charge is 2.27. The first-order valence-electron chi connectivity index (χ1n) is 15.3. The topological polar surface area (TPSA) is 136 Å². The lowest BCUT2D eigenvalue weighted by Gasteiger charge is -2.30. The van der Waals surface area contributed by atoms with Gasteiger partial charge in [0.2, 0.25) is 32.9 Å². The van der Waals surface area contributed by atoms with Gasteiger partial charge in [-0.1, -0.05) is 65.7 Å². The van der Waals surface area contributed by atoms with Gasteiger partial charge >= 0.3 is 0 Å². The molecule has 0 fully saturated rings. The highest BCUT2D eigenvalue weighted by atomic mass is 32.2. The number of aryl methyl sites for hydroxylation is 2. The van der Waals surface area contributed by atoms with Crippen LogP contribution < -0.4 is 10.6 Å². The zero-order valence-electron chi connectivity index (χ0n) is 26.5. The number of hydrogen-bond donors (Lipinski definition) is 2. The van der Waals surface area contributed by atoms with E-state index in [9.17, 15) is 26.4 Å². The van der Waals surface area contributed by atoms with Crippen LogP contribution in [-0.4, -0.2) is 95.5 Å².